The molecule has 1 aliphatic heterocycles. The first-order valence-electron chi connectivity index (χ1n) is 6.61. The highest BCUT2D eigenvalue weighted by Gasteiger charge is 2.30. The quantitative estimate of drug-likeness (QED) is 0.441. The fourth-order valence-electron chi connectivity index (χ4n) is 1.97. The van der Waals surface area contributed by atoms with E-state index >= 15 is 0 Å². The minimum atomic E-state index is -0.975. The van der Waals surface area contributed by atoms with E-state index < -0.39 is 17.6 Å². The van der Waals surface area contributed by atoms with Gasteiger partial charge in [0.05, 0.1) is 12.0 Å². The Morgan fingerprint density at radius 2 is 2.00 bits per heavy atom. The third-order valence-corrected chi connectivity index (χ3v) is 3.09. The maximum atomic E-state index is 13.4. The summed E-state index contributed by atoms with van der Waals surface area (Å²) in [7, 11) is 0. The van der Waals surface area contributed by atoms with Crippen molar-refractivity contribution in [1.29, 1.82) is 0 Å². The van der Waals surface area contributed by atoms with Crippen molar-refractivity contribution in [2.75, 3.05) is 6.54 Å². The van der Waals surface area contributed by atoms with Crippen molar-refractivity contribution in [2.45, 2.75) is 13.3 Å². The Labute approximate surface area is 128 Å². The van der Waals surface area contributed by atoms with E-state index in [1.54, 1.807) is 6.92 Å². The Morgan fingerprint density at radius 3 is 2.50 bits per heavy atom. The minimum Gasteiger partial charge on any atom is -0.312 e. The maximum Gasteiger partial charge on any atom is 0.261 e. The van der Waals surface area contributed by atoms with E-state index in [9.17, 15) is 18.4 Å². The molecule has 0 radical (unpaired) electrons. The number of likely N-dealkylation sites (tertiary alicyclic amines) is 1. The number of rotatable bonds is 5. The lowest BCUT2D eigenvalue weighted by Gasteiger charge is -2.28. The topological polar surface area (TPSA) is 37.4 Å². The van der Waals surface area contributed by atoms with Gasteiger partial charge in [0, 0.05) is 17.8 Å². The predicted octanol–water partition coefficient (Wildman–Crippen LogP) is 3.70. The van der Waals surface area contributed by atoms with Crippen LogP contribution in [0.1, 0.15) is 13.3 Å². The molecule has 1 heterocycles. The number of piperidine rings is 1. The van der Waals surface area contributed by atoms with Gasteiger partial charge in [-0.1, -0.05) is 25.8 Å². The number of hydrogen-bond donors (Lipinski definition) is 0. The van der Waals surface area contributed by atoms with Gasteiger partial charge in [0.25, 0.3) is 5.91 Å². The second-order valence-corrected chi connectivity index (χ2v) is 4.53. The van der Waals surface area contributed by atoms with Crippen molar-refractivity contribution < 1.29 is 18.4 Å². The van der Waals surface area contributed by atoms with Gasteiger partial charge in [-0.25, -0.2) is 8.78 Å². The van der Waals surface area contributed by atoms with Crippen LogP contribution in [0, 0.1) is 0 Å². The number of Topliss-reactive ketones (excluding diaryl/α,β-unsaturated/α-hetero) is 1. The SMILES string of the molecule is C=C/C(F)=C(/C=C/C=C1/C(=O)CC(=C)N(CC)C1=O)C(=C)F. The number of carbonyl (C=O) groups is 2. The average molecular weight is 305 g/mol. The molecule has 1 rings (SSSR count). The number of allylic oxidation sites excluding steroid dienone is 8. The monoisotopic (exact) mass is 305 g/mol. The van der Waals surface area contributed by atoms with Crippen LogP contribution in [0.3, 0.4) is 0 Å². The van der Waals surface area contributed by atoms with E-state index in [1.807, 2.05) is 0 Å². The number of nitrogens with zero attached hydrogens (tertiary/aromatic N) is 1. The van der Waals surface area contributed by atoms with Gasteiger partial charge in [-0.3, -0.25) is 9.59 Å². The molecular formula is C17H17F2NO2. The summed E-state index contributed by atoms with van der Waals surface area (Å²) in [6.07, 6.45) is 4.44. The fraction of sp³-hybridized carbons (Fsp3) is 0.176. The van der Waals surface area contributed by atoms with Crippen LogP contribution in [0.15, 0.2) is 72.5 Å². The molecule has 0 unspecified atom stereocenters. The molecule has 1 fully saturated rings. The molecule has 0 atom stereocenters. The summed E-state index contributed by atoms with van der Waals surface area (Å²) >= 11 is 0. The summed E-state index contributed by atoms with van der Waals surface area (Å²) < 4.78 is 26.5. The zero-order chi connectivity index (χ0) is 16.9. The van der Waals surface area contributed by atoms with Crippen molar-refractivity contribution in [3.63, 3.8) is 0 Å². The van der Waals surface area contributed by atoms with Gasteiger partial charge >= 0.3 is 0 Å². The highest BCUT2D eigenvalue weighted by atomic mass is 19.1. The average Bonchev–Trinajstić information content (AvgIpc) is 2.45. The molecule has 0 saturated carbocycles. The molecule has 0 aliphatic carbocycles. The van der Waals surface area contributed by atoms with Gasteiger partial charge in [0.2, 0.25) is 0 Å². The van der Waals surface area contributed by atoms with Gasteiger partial charge in [-0.05, 0) is 25.2 Å². The Kier molecular flexibility index (Phi) is 5.92. The predicted molar refractivity (Wildman–Crippen MR) is 82.0 cm³/mol. The lowest BCUT2D eigenvalue weighted by molar-refractivity contribution is -0.130. The third kappa shape index (κ3) is 3.75. The van der Waals surface area contributed by atoms with Crippen LogP contribution in [0.5, 0.6) is 0 Å². The molecule has 0 spiro atoms. The number of carbonyl (C=O) groups excluding carboxylic acids is 2. The molecule has 1 aliphatic rings. The van der Waals surface area contributed by atoms with E-state index in [4.69, 9.17) is 0 Å². The zero-order valence-electron chi connectivity index (χ0n) is 12.4. The standard InChI is InChI=1S/C17H17F2NO2/c1-5-15(19)13(12(4)18)8-7-9-14-16(21)10-11(3)20(6-2)17(14)22/h5,7-9H,1,3-4,6,10H2,2H3/b8-7+,14-9-,15-13+. The molecule has 116 valence electrons. The molecule has 1 saturated heterocycles. The van der Waals surface area contributed by atoms with Crippen LogP contribution in [0.25, 0.3) is 0 Å². The van der Waals surface area contributed by atoms with Gasteiger partial charge in [0.15, 0.2) is 5.78 Å². The van der Waals surface area contributed by atoms with Gasteiger partial charge in [-0.2, -0.15) is 0 Å². The Hall–Kier alpha value is -2.56. The van der Waals surface area contributed by atoms with Crippen LogP contribution in [0.2, 0.25) is 0 Å². The number of halogens is 2. The third-order valence-electron chi connectivity index (χ3n) is 3.09. The summed E-state index contributed by atoms with van der Waals surface area (Å²) in [5.74, 6) is -2.70. The van der Waals surface area contributed by atoms with Crippen molar-refractivity contribution in [3.05, 3.63) is 72.5 Å². The molecule has 0 bridgehead atoms. The van der Waals surface area contributed by atoms with E-state index in [0.29, 0.717) is 12.2 Å². The van der Waals surface area contributed by atoms with Crippen molar-refractivity contribution in [1.82, 2.24) is 4.90 Å². The summed E-state index contributed by atoms with van der Waals surface area (Å²) in [6, 6.07) is 0. The lowest BCUT2D eigenvalue weighted by Crippen LogP contribution is -2.38. The molecular weight excluding hydrogens is 288 g/mol. The van der Waals surface area contributed by atoms with Crippen LogP contribution in [-0.4, -0.2) is 23.1 Å². The molecule has 0 aromatic heterocycles. The Balaban J connectivity index is 3.11. The number of ketones is 1. The highest BCUT2D eigenvalue weighted by Crippen LogP contribution is 2.22. The van der Waals surface area contributed by atoms with E-state index in [2.05, 4.69) is 19.7 Å². The number of amides is 1. The maximum absolute atomic E-state index is 13.4. The van der Waals surface area contributed by atoms with E-state index in [0.717, 1.165) is 12.2 Å². The molecule has 0 aromatic rings. The zero-order valence-corrected chi connectivity index (χ0v) is 12.4. The van der Waals surface area contributed by atoms with Crippen molar-refractivity contribution in [2.24, 2.45) is 0 Å². The fourth-order valence-corrected chi connectivity index (χ4v) is 1.97. The normalized spacial score (nSPS) is 19.0. The second kappa shape index (κ2) is 7.45. The first-order chi connectivity index (χ1) is 10.3. The van der Waals surface area contributed by atoms with Gasteiger partial charge in [-0.15, -0.1) is 0 Å². The van der Waals surface area contributed by atoms with E-state index in [-0.39, 0.29) is 23.4 Å². The van der Waals surface area contributed by atoms with Gasteiger partial charge < -0.3 is 4.90 Å². The van der Waals surface area contributed by atoms with Crippen LogP contribution >= 0.6 is 0 Å². The number of likely N-dealkylation sites (N-methyl/N-ethyl adjacent to an activating group) is 1. The Bertz CT molecular complexity index is 639. The highest BCUT2D eigenvalue weighted by molar-refractivity contribution is 6.22. The van der Waals surface area contributed by atoms with E-state index in [1.165, 1.54) is 17.1 Å². The van der Waals surface area contributed by atoms with Crippen LogP contribution < -0.4 is 0 Å². The molecule has 0 aromatic carbocycles. The van der Waals surface area contributed by atoms with Crippen molar-refractivity contribution >= 4 is 11.7 Å². The smallest absolute Gasteiger partial charge is 0.261 e. The van der Waals surface area contributed by atoms with Crippen molar-refractivity contribution in [3.8, 4) is 0 Å². The number of hydrogen-bond acceptors (Lipinski definition) is 2. The largest absolute Gasteiger partial charge is 0.312 e. The van der Waals surface area contributed by atoms with Crippen LogP contribution in [0.4, 0.5) is 8.78 Å². The summed E-state index contributed by atoms with van der Waals surface area (Å²) in [6.45, 7) is 12.1. The summed E-state index contributed by atoms with van der Waals surface area (Å²) in [4.78, 5) is 25.4. The van der Waals surface area contributed by atoms with Gasteiger partial charge in [0.1, 0.15) is 11.7 Å². The lowest BCUT2D eigenvalue weighted by atomic mass is 9.99. The Morgan fingerprint density at radius 1 is 1.36 bits per heavy atom. The molecule has 0 N–H and O–H groups in total. The minimum absolute atomic E-state index is 0.0405. The summed E-state index contributed by atoms with van der Waals surface area (Å²) in [5, 5.41) is 0. The van der Waals surface area contributed by atoms with Crippen LogP contribution in [-0.2, 0) is 9.59 Å². The summed E-state index contributed by atoms with van der Waals surface area (Å²) in [5.41, 5.74) is 0.00157. The molecule has 1 amide bonds. The first-order valence-corrected chi connectivity index (χ1v) is 6.61. The molecule has 3 nitrogen and oxygen atoms in total. The second-order valence-electron chi connectivity index (χ2n) is 4.53. The first kappa shape index (κ1) is 17.5. The molecule has 22 heavy (non-hydrogen) atoms. The molecule has 5 heteroatoms.